The largest absolute Gasteiger partial charge is 0.497 e. The predicted octanol–water partition coefficient (Wildman–Crippen LogP) is 2.25. The monoisotopic (exact) mass is 316 g/mol. The molecule has 1 aromatic rings. The van der Waals surface area contributed by atoms with Gasteiger partial charge >= 0.3 is 5.97 Å². The molecule has 6 heteroatoms. The maximum atomic E-state index is 11.8. The average Bonchev–Trinajstić information content (AvgIpc) is 2.56. The summed E-state index contributed by atoms with van der Waals surface area (Å²) >= 11 is 0. The SMILES string of the molecule is CCOC(=O)CN1N=C(/C=C/c2ccc(OC)cc2)CCC1=O. The van der Waals surface area contributed by atoms with Gasteiger partial charge in [0.05, 0.1) is 19.4 Å². The number of carbonyl (C=O) groups is 2. The van der Waals surface area contributed by atoms with Gasteiger partial charge in [-0.2, -0.15) is 5.10 Å². The molecule has 1 heterocycles. The average molecular weight is 316 g/mol. The molecule has 1 aliphatic heterocycles. The van der Waals surface area contributed by atoms with E-state index in [9.17, 15) is 9.59 Å². The lowest BCUT2D eigenvalue weighted by Gasteiger charge is -2.21. The van der Waals surface area contributed by atoms with Gasteiger partial charge in [0.2, 0.25) is 5.91 Å². The molecular weight excluding hydrogens is 296 g/mol. The van der Waals surface area contributed by atoms with Crippen LogP contribution in [0, 0.1) is 0 Å². The standard InChI is InChI=1S/C17H20N2O4/c1-3-23-17(21)12-19-16(20)11-8-14(18-19)7-4-13-5-9-15(22-2)10-6-13/h4-7,9-10H,3,8,11-12H2,1-2H3/b7-4+. The lowest BCUT2D eigenvalue weighted by Crippen LogP contribution is -2.36. The Labute approximate surface area is 135 Å². The fourth-order valence-electron chi connectivity index (χ4n) is 2.10. The minimum atomic E-state index is -0.454. The zero-order valence-corrected chi connectivity index (χ0v) is 13.3. The number of hydrazone groups is 1. The number of benzene rings is 1. The molecule has 1 aliphatic rings. The Morgan fingerprint density at radius 3 is 2.65 bits per heavy atom. The molecule has 122 valence electrons. The van der Waals surface area contributed by atoms with Crippen molar-refractivity contribution in [3.8, 4) is 5.75 Å². The first-order valence-electron chi connectivity index (χ1n) is 7.48. The number of hydrogen-bond acceptors (Lipinski definition) is 5. The summed E-state index contributed by atoms with van der Waals surface area (Å²) in [6, 6.07) is 7.61. The molecule has 0 spiro atoms. The molecule has 0 unspecified atom stereocenters. The van der Waals surface area contributed by atoms with Crippen LogP contribution in [0.4, 0.5) is 0 Å². The van der Waals surface area contributed by atoms with Gasteiger partial charge in [-0.15, -0.1) is 0 Å². The smallest absolute Gasteiger partial charge is 0.327 e. The summed E-state index contributed by atoms with van der Waals surface area (Å²) in [7, 11) is 1.62. The molecule has 0 atom stereocenters. The molecule has 0 saturated heterocycles. The van der Waals surface area contributed by atoms with E-state index in [2.05, 4.69) is 5.10 Å². The molecule has 1 amide bonds. The zero-order valence-electron chi connectivity index (χ0n) is 13.3. The molecule has 0 radical (unpaired) electrons. The highest BCUT2D eigenvalue weighted by Crippen LogP contribution is 2.14. The molecule has 0 N–H and O–H groups in total. The zero-order chi connectivity index (χ0) is 16.7. The second-order valence-corrected chi connectivity index (χ2v) is 4.95. The number of ether oxygens (including phenoxy) is 2. The topological polar surface area (TPSA) is 68.2 Å². The van der Waals surface area contributed by atoms with E-state index in [1.807, 2.05) is 36.4 Å². The molecule has 6 nitrogen and oxygen atoms in total. The molecule has 0 aromatic heterocycles. The lowest BCUT2D eigenvalue weighted by atomic mass is 10.1. The van der Waals surface area contributed by atoms with Crippen molar-refractivity contribution in [1.82, 2.24) is 5.01 Å². The van der Waals surface area contributed by atoms with E-state index < -0.39 is 5.97 Å². The number of nitrogens with zero attached hydrogens (tertiary/aromatic N) is 2. The highest BCUT2D eigenvalue weighted by Gasteiger charge is 2.22. The maximum Gasteiger partial charge on any atom is 0.327 e. The van der Waals surface area contributed by atoms with Crippen molar-refractivity contribution in [3.63, 3.8) is 0 Å². The minimum Gasteiger partial charge on any atom is -0.497 e. The van der Waals surface area contributed by atoms with Crippen LogP contribution in [0.2, 0.25) is 0 Å². The Morgan fingerprint density at radius 2 is 2.00 bits per heavy atom. The molecule has 0 aliphatic carbocycles. The van der Waals surface area contributed by atoms with Crippen LogP contribution in [0.3, 0.4) is 0 Å². The molecule has 0 saturated carbocycles. The summed E-state index contributed by atoms with van der Waals surface area (Å²) < 4.78 is 9.96. The number of rotatable bonds is 6. The third-order valence-corrected chi connectivity index (χ3v) is 3.30. The Bertz CT molecular complexity index is 620. The predicted molar refractivity (Wildman–Crippen MR) is 87.0 cm³/mol. The van der Waals surface area contributed by atoms with Gasteiger partial charge in [0.25, 0.3) is 0 Å². The molecule has 0 bridgehead atoms. The van der Waals surface area contributed by atoms with E-state index >= 15 is 0 Å². The van der Waals surface area contributed by atoms with Crippen LogP contribution < -0.4 is 4.74 Å². The summed E-state index contributed by atoms with van der Waals surface area (Å²) in [6.07, 6.45) is 4.67. The first kappa shape index (κ1) is 16.7. The Balaban J connectivity index is 2.04. The van der Waals surface area contributed by atoms with E-state index in [4.69, 9.17) is 9.47 Å². The van der Waals surface area contributed by atoms with Crippen LogP contribution >= 0.6 is 0 Å². The fraction of sp³-hybridized carbons (Fsp3) is 0.353. The third-order valence-electron chi connectivity index (χ3n) is 3.30. The van der Waals surface area contributed by atoms with Crippen LogP contribution in [0.1, 0.15) is 25.3 Å². The van der Waals surface area contributed by atoms with Crippen molar-refractivity contribution >= 4 is 23.7 Å². The second-order valence-electron chi connectivity index (χ2n) is 4.95. The summed E-state index contributed by atoms with van der Waals surface area (Å²) in [4.78, 5) is 23.3. The highest BCUT2D eigenvalue weighted by atomic mass is 16.5. The van der Waals surface area contributed by atoms with Gasteiger partial charge < -0.3 is 9.47 Å². The van der Waals surface area contributed by atoms with E-state index in [0.29, 0.717) is 12.8 Å². The van der Waals surface area contributed by atoms with E-state index in [1.54, 1.807) is 14.0 Å². The number of carbonyl (C=O) groups excluding carboxylic acids is 2. The molecular formula is C17H20N2O4. The third kappa shape index (κ3) is 4.95. The first-order chi connectivity index (χ1) is 11.1. The van der Waals surface area contributed by atoms with Crippen molar-refractivity contribution in [2.24, 2.45) is 5.10 Å². The summed E-state index contributed by atoms with van der Waals surface area (Å²) in [6.45, 7) is 1.86. The van der Waals surface area contributed by atoms with Crippen LogP contribution in [0.25, 0.3) is 6.08 Å². The molecule has 1 aromatic carbocycles. The van der Waals surface area contributed by atoms with Gasteiger partial charge in [-0.1, -0.05) is 18.2 Å². The lowest BCUT2D eigenvalue weighted by molar-refractivity contribution is -0.149. The summed E-state index contributed by atoms with van der Waals surface area (Å²) in [5, 5.41) is 5.40. The number of amides is 1. The van der Waals surface area contributed by atoms with Crippen molar-refractivity contribution in [3.05, 3.63) is 35.9 Å². The van der Waals surface area contributed by atoms with Crippen LogP contribution in [-0.2, 0) is 14.3 Å². The maximum absolute atomic E-state index is 11.8. The second kappa shape index (κ2) is 8.12. The van der Waals surface area contributed by atoms with Crippen LogP contribution in [0.15, 0.2) is 35.4 Å². The fourth-order valence-corrected chi connectivity index (χ4v) is 2.10. The van der Waals surface area contributed by atoms with Crippen molar-refractivity contribution in [2.45, 2.75) is 19.8 Å². The van der Waals surface area contributed by atoms with E-state index in [0.717, 1.165) is 17.0 Å². The Morgan fingerprint density at radius 1 is 1.26 bits per heavy atom. The normalized spacial score (nSPS) is 14.8. The Kier molecular flexibility index (Phi) is 5.91. The molecule has 23 heavy (non-hydrogen) atoms. The summed E-state index contributed by atoms with van der Waals surface area (Å²) in [5.41, 5.74) is 1.76. The number of hydrogen-bond donors (Lipinski definition) is 0. The van der Waals surface area contributed by atoms with Gasteiger partial charge in [-0.3, -0.25) is 9.59 Å². The number of methoxy groups -OCH3 is 1. The van der Waals surface area contributed by atoms with Gasteiger partial charge in [-0.25, -0.2) is 5.01 Å². The van der Waals surface area contributed by atoms with Crippen molar-refractivity contribution in [1.29, 1.82) is 0 Å². The summed E-state index contributed by atoms with van der Waals surface area (Å²) in [5.74, 6) is 0.174. The van der Waals surface area contributed by atoms with Gasteiger partial charge in [0.15, 0.2) is 0 Å². The van der Waals surface area contributed by atoms with Gasteiger partial charge in [0, 0.05) is 12.8 Å². The Hall–Kier alpha value is -2.63. The van der Waals surface area contributed by atoms with E-state index in [-0.39, 0.29) is 19.1 Å². The first-order valence-corrected chi connectivity index (χ1v) is 7.48. The van der Waals surface area contributed by atoms with Crippen molar-refractivity contribution < 1.29 is 19.1 Å². The minimum absolute atomic E-state index is 0.146. The van der Waals surface area contributed by atoms with Gasteiger partial charge in [-0.05, 0) is 30.7 Å². The molecule has 2 rings (SSSR count). The van der Waals surface area contributed by atoms with E-state index in [1.165, 1.54) is 5.01 Å². The van der Waals surface area contributed by atoms with Crippen LogP contribution in [-0.4, -0.2) is 42.9 Å². The number of allylic oxidation sites excluding steroid dienone is 1. The highest BCUT2D eigenvalue weighted by molar-refractivity contribution is 6.02. The van der Waals surface area contributed by atoms with Crippen molar-refractivity contribution in [2.75, 3.05) is 20.3 Å². The quantitative estimate of drug-likeness (QED) is 0.755. The van der Waals surface area contributed by atoms with Gasteiger partial charge in [0.1, 0.15) is 12.3 Å². The number of esters is 1. The van der Waals surface area contributed by atoms with Crippen LogP contribution in [0.5, 0.6) is 5.75 Å². The molecule has 0 fully saturated rings.